The van der Waals surface area contributed by atoms with Crippen LogP contribution in [0.15, 0.2) is 0 Å². The molecule has 0 aliphatic heterocycles. The molecule has 0 heterocycles. The number of rotatable bonds is 12. The normalized spacial score (nSPS) is 15.4. The Morgan fingerprint density at radius 3 is 1.89 bits per heavy atom. The standard InChI is InChI=1S/C14H30O4S/c1-4-5-6-9-13(2)10-7-8-11-14(3)12-18-19(15,16)17/h13-14H,4-12H2,1-3H3,(H,15,16,17). The Morgan fingerprint density at radius 2 is 1.42 bits per heavy atom. The summed E-state index contributed by atoms with van der Waals surface area (Å²) >= 11 is 0. The van der Waals surface area contributed by atoms with Crippen molar-refractivity contribution < 1.29 is 17.2 Å². The highest BCUT2D eigenvalue weighted by Gasteiger charge is 2.09. The van der Waals surface area contributed by atoms with E-state index in [1.54, 1.807) is 0 Å². The van der Waals surface area contributed by atoms with Gasteiger partial charge < -0.3 is 0 Å². The quantitative estimate of drug-likeness (QED) is 0.432. The maximum absolute atomic E-state index is 10.4. The predicted molar refractivity (Wildman–Crippen MR) is 78.4 cm³/mol. The van der Waals surface area contributed by atoms with Gasteiger partial charge in [-0.25, -0.2) is 4.18 Å². The van der Waals surface area contributed by atoms with E-state index in [9.17, 15) is 8.42 Å². The Morgan fingerprint density at radius 1 is 0.947 bits per heavy atom. The van der Waals surface area contributed by atoms with Gasteiger partial charge in [0.25, 0.3) is 0 Å². The van der Waals surface area contributed by atoms with Crippen molar-refractivity contribution in [3.05, 3.63) is 0 Å². The highest BCUT2D eigenvalue weighted by molar-refractivity contribution is 7.80. The smallest absolute Gasteiger partial charge is 0.264 e. The molecule has 2 unspecified atom stereocenters. The van der Waals surface area contributed by atoms with E-state index in [4.69, 9.17) is 4.55 Å². The molecular weight excluding hydrogens is 264 g/mol. The Labute approximate surface area is 118 Å². The summed E-state index contributed by atoms with van der Waals surface area (Å²) in [6.45, 7) is 6.54. The number of hydrogen-bond acceptors (Lipinski definition) is 3. The fourth-order valence-corrected chi connectivity index (χ4v) is 2.56. The molecule has 0 aromatic carbocycles. The zero-order valence-corrected chi connectivity index (χ0v) is 13.4. The molecule has 19 heavy (non-hydrogen) atoms. The molecular formula is C14H30O4S. The van der Waals surface area contributed by atoms with Crippen LogP contribution in [-0.4, -0.2) is 19.6 Å². The van der Waals surface area contributed by atoms with Crippen LogP contribution >= 0.6 is 0 Å². The Kier molecular flexibility index (Phi) is 10.6. The van der Waals surface area contributed by atoms with Gasteiger partial charge in [0.2, 0.25) is 0 Å². The van der Waals surface area contributed by atoms with Crippen LogP contribution in [0.3, 0.4) is 0 Å². The van der Waals surface area contributed by atoms with Crippen LogP contribution in [0, 0.1) is 11.8 Å². The summed E-state index contributed by atoms with van der Waals surface area (Å²) < 4.78 is 33.7. The first-order valence-corrected chi connectivity index (χ1v) is 8.83. The van der Waals surface area contributed by atoms with Crippen molar-refractivity contribution >= 4 is 10.4 Å². The van der Waals surface area contributed by atoms with E-state index in [0.29, 0.717) is 0 Å². The van der Waals surface area contributed by atoms with Gasteiger partial charge in [-0.05, 0) is 18.3 Å². The summed E-state index contributed by atoms with van der Waals surface area (Å²) in [7, 11) is -4.28. The molecule has 0 saturated heterocycles. The van der Waals surface area contributed by atoms with E-state index in [-0.39, 0.29) is 12.5 Å². The molecule has 0 fully saturated rings. The van der Waals surface area contributed by atoms with Crippen molar-refractivity contribution in [2.75, 3.05) is 6.61 Å². The van der Waals surface area contributed by atoms with E-state index >= 15 is 0 Å². The summed E-state index contributed by atoms with van der Waals surface area (Å²) in [5.41, 5.74) is 0. The topological polar surface area (TPSA) is 63.6 Å². The summed E-state index contributed by atoms with van der Waals surface area (Å²) in [5, 5.41) is 0. The van der Waals surface area contributed by atoms with Gasteiger partial charge >= 0.3 is 10.4 Å². The van der Waals surface area contributed by atoms with Crippen LogP contribution in [0.25, 0.3) is 0 Å². The lowest BCUT2D eigenvalue weighted by molar-refractivity contribution is 0.222. The molecule has 5 heteroatoms. The van der Waals surface area contributed by atoms with Crippen LogP contribution < -0.4 is 0 Å². The summed E-state index contributed by atoms with van der Waals surface area (Å²) in [6, 6.07) is 0. The van der Waals surface area contributed by atoms with Crippen molar-refractivity contribution in [1.29, 1.82) is 0 Å². The first-order valence-electron chi connectivity index (χ1n) is 7.47. The van der Waals surface area contributed by atoms with E-state index in [0.717, 1.165) is 18.8 Å². The molecule has 2 atom stereocenters. The van der Waals surface area contributed by atoms with Crippen LogP contribution in [0.5, 0.6) is 0 Å². The van der Waals surface area contributed by atoms with E-state index < -0.39 is 10.4 Å². The van der Waals surface area contributed by atoms with Gasteiger partial charge in [-0.15, -0.1) is 0 Å². The number of hydrogen-bond donors (Lipinski definition) is 1. The highest BCUT2D eigenvalue weighted by Crippen LogP contribution is 2.18. The zero-order valence-electron chi connectivity index (χ0n) is 12.6. The lowest BCUT2D eigenvalue weighted by Gasteiger charge is -2.13. The fraction of sp³-hybridized carbons (Fsp3) is 1.00. The van der Waals surface area contributed by atoms with Crippen molar-refractivity contribution in [3.8, 4) is 0 Å². The molecule has 0 rings (SSSR count). The van der Waals surface area contributed by atoms with Crippen molar-refractivity contribution in [2.24, 2.45) is 11.8 Å². The van der Waals surface area contributed by atoms with Gasteiger partial charge in [0.1, 0.15) is 0 Å². The average Bonchev–Trinajstić information content (AvgIpc) is 2.31. The van der Waals surface area contributed by atoms with Crippen molar-refractivity contribution in [3.63, 3.8) is 0 Å². The van der Waals surface area contributed by atoms with Crippen LogP contribution in [0.4, 0.5) is 0 Å². The predicted octanol–water partition coefficient (Wildman–Crippen LogP) is 4.22. The summed E-state index contributed by atoms with van der Waals surface area (Å²) in [5.74, 6) is 0.952. The largest absolute Gasteiger partial charge is 0.397 e. The first kappa shape index (κ1) is 18.9. The van der Waals surface area contributed by atoms with Gasteiger partial charge in [0.15, 0.2) is 0 Å². The molecule has 0 aromatic heterocycles. The van der Waals surface area contributed by atoms with Crippen molar-refractivity contribution in [2.45, 2.75) is 72.1 Å². The lowest BCUT2D eigenvalue weighted by Crippen LogP contribution is -2.11. The minimum absolute atomic E-state index is 0.0743. The molecule has 116 valence electrons. The van der Waals surface area contributed by atoms with E-state index in [2.05, 4.69) is 18.0 Å². The lowest BCUT2D eigenvalue weighted by atomic mass is 9.95. The van der Waals surface area contributed by atoms with E-state index in [1.165, 1.54) is 38.5 Å². The monoisotopic (exact) mass is 294 g/mol. The highest BCUT2D eigenvalue weighted by atomic mass is 32.3. The van der Waals surface area contributed by atoms with Crippen LogP contribution in [0.1, 0.15) is 72.1 Å². The van der Waals surface area contributed by atoms with Gasteiger partial charge in [-0.2, -0.15) is 8.42 Å². The Hall–Kier alpha value is -0.130. The third-order valence-electron chi connectivity index (χ3n) is 3.45. The van der Waals surface area contributed by atoms with Crippen molar-refractivity contribution in [1.82, 2.24) is 0 Å². The second kappa shape index (κ2) is 10.6. The van der Waals surface area contributed by atoms with Gasteiger partial charge in [-0.1, -0.05) is 65.7 Å². The second-order valence-electron chi connectivity index (χ2n) is 5.70. The molecule has 0 bridgehead atoms. The maximum atomic E-state index is 10.4. The molecule has 0 saturated carbocycles. The SMILES string of the molecule is CCCCCC(C)CCCCC(C)COS(=O)(=O)O. The first-order chi connectivity index (χ1) is 8.85. The Bertz CT molecular complexity index is 301. The third kappa shape index (κ3) is 14.1. The van der Waals surface area contributed by atoms with Crippen LogP contribution in [-0.2, 0) is 14.6 Å². The maximum Gasteiger partial charge on any atom is 0.397 e. The van der Waals surface area contributed by atoms with Crippen LogP contribution in [0.2, 0.25) is 0 Å². The van der Waals surface area contributed by atoms with Gasteiger partial charge in [-0.3, -0.25) is 4.55 Å². The minimum Gasteiger partial charge on any atom is -0.264 e. The zero-order chi connectivity index (χ0) is 14.7. The minimum atomic E-state index is -4.28. The van der Waals surface area contributed by atoms with Gasteiger partial charge in [0, 0.05) is 0 Å². The molecule has 0 amide bonds. The summed E-state index contributed by atoms with van der Waals surface area (Å²) in [6.07, 6.45) is 9.71. The molecule has 0 aliphatic rings. The molecule has 4 nitrogen and oxygen atoms in total. The Balaban J connectivity index is 3.47. The van der Waals surface area contributed by atoms with Gasteiger partial charge in [0.05, 0.1) is 6.61 Å². The average molecular weight is 294 g/mol. The molecule has 1 N–H and O–H groups in total. The fourth-order valence-electron chi connectivity index (χ4n) is 2.16. The molecule has 0 radical (unpaired) electrons. The molecule has 0 aromatic rings. The molecule has 0 spiro atoms. The second-order valence-corrected chi connectivity index (χ2v) is 6.79. The summed E-state index contributed by atoms with van der Waals surface area (Å²) in [4.78, 5) is 0. The van der Waals surface area contributed by atoms with E-state index in [1.807, 2.05) is 6.92 Å². The third-order valence-corrected chi connectivity index (χ3v) is 3.88. The number of unbranched alkanes of at least 4 members (excludes halogenated alkanes) is 3. The molecule has 0 aliphatic carbocycles.